The molecule has 0 aliphatic carbocycles. The predicted molar refractivity (Wildman–Crippen MR) is 135 cm³/mol. The summed E-state index contributed by atoms with van der Waals surface area (Å²) in [5.74, 6) is -0.326. The zero-order valence-corrected chi connectivity index (χ0v) is 21.8. The van der Waals surface area contributed by atoms with Crippen LogP contribution in [0.25, 0.3) is 4.85 Å². The van der Waals surface area contributed by atoms with Crippen LogP contribution in [0.3, 0.4) is 0 Å². The van der Waals surface area contributed by atoms with Crippen LogP contribution in [-0.4, -0.2) is 82.0 Å². The van der Waals surface area contributed by atoms with Crippen LogP contribution in [0.1, 0.15) is 58.6 Å². The molecule has 3 saturated heterocycles. The number of alkyl carbamates (subject to hydrolysis) is 1. The third kappa shape index (κ3) is 5.55. The van der Waals surface area contributed by atoms with Crippen molar-refractivity contribution in [3.05, 3.63) is 41.2 Å². The molecule has 4 rings (SSSR count). The number of benzene rings is 1. The van der Waals surface area contributed by atoms with E-state index in [1.807, 2.05) is 28.9 Å². The topological polar surface area (TPSA) is 110 Å². The number of nitrogens with zero attached hydrogens (tertiary/aromatic N) is 5. The summed E-state index contributed by atoms with van der Waals surface area (Å²) in [7, 11) is 0. The summed E-state index contributed by atoms with van der Waals surface area (Å²) >= 11 is 0. The highest BCUT2D eigenvalue weighted by molar-refractivity contribution is 5.88. The fourth-order valence-corrected chi connectivity index (χ4v) is 5.62. The minimum atomic E-state index is -0.928. The molecule has 0 saturated carbocycles. The Bertz CT molecular complexity index is 1130. The number of hydrogen-bond donors (Lipinski definition) is 1. The fourth-order valence-electron chi connectivity index (χ4n) is 5.62. The first-order valence-corrected chi connectivity index (χ1v) is 12.8. The van der Waals surface area contributed by atoms with Gasteiger partial charge in [0.2, 0.25) is 11.8 Å². The third-order valence-corrected chi connectivity index (χ3v) is 7.33. The molecule has 1 aromatic carbocycles. The molecule has 1 aromatic rings. The zero-order chi connectivity index (χ0) is 26.9. The van der Waals surface area contributed by atoms with E-state index in [1.54, 1.807) is 32.9 Å². The van der Waals surface area contributed by atoms with Gasteiger partial charge in [0.05, 0.1) is 24.7 Å². The summed E-state index contributed by atoms with van der Waals surface area (Å²) < 4.78 is 5.40. The van der Waals surface area contributed by atoms with Gasteiger partial charge in [0.1, 0.15) is 17.7 Å². The monoisotopic (exact) mass is 506 g/mol. The van der Waals surface area contributed by atoms with Crippen molar-refractivity contribution < 1.29 is 19.1 Å². The molecular weight excluding hydrogens is 472 g/mol. The van der Waals surface area contributed by atoms with Crippen molar-refractivity contribution >= 4 is 23.6 Å². The van der Waals surface area contributed by atoms with E-state index in [0.717, 1.165) is 12.0 Å². The number of fused-ring (bicyclic) bond motifs is 2. The molecule has 196 valence electrons. The lowest BCUT2D eigenvalue weighted by molar-refractivity contribution is -0.141. The van der Waals surface area contributed by atoms with Gasteiger partial charge in [0.25, 0.3) is 0 Å². The van der Waals surface area contributed by atoms with Gasteiger partial charge in [-0.2, -0.15) is 5.26 Å². The van der Waals surface area contributed by atoms with Gasteiger partial charge in [-0.3, -0.25) is 14.5 Å². The van der Waals surface area contributed by atoms with Gasteiger partial charge in [-0.25, -0.2) is 9.64 Å². The number of rotatable bonds is 6. The number of likely N-dealkylation sites (tertiary alicyclic amines) is 3. The van der Waals surface area contributed by atoms with Crippen LogP contribution in [0, 0.1) is 17.9 Å². The highest BCUT2D eigenvalue weighted by atomic mass is 16.6. The summed E-state index contributed by atoms with van der Waals surface area (Å²) in [5, 5.41) is 12.2. The Balaban J connectivity index is 1.47. The number of ether oxygens (including phenoxy) is 1. The normalized spacial score (nSPS) is 24.9. The molecule has 2 bridgehead atoms. The quantitative estimate of drug-likeness (QED) is 0.594. The number of carbonyl (C=O) groups excluding carboxylic acids is 3. The van der Waals surface area contributed by atoms with Crippen molar-refractivity contribution in [3.8, 4) is 6.07 Å². The number of nitrogens with one attached hydrogen (secondary N) is 1. The second kappa shape index (κ2) is 10.4. The molecule has 5 atom stereocenters. The molecule has 0 radical (unpaired) electrons. The van der Waals surface area contributed by atoms with E-state index in [-0.39, 0.29) is 36.5 Å². The molecule has 3 aliphatic heterocycles. The Labute approximate surface area is 218 Å². The molecule has 3 heterocycles. The summed E-state index contributed by atoms with van der Waals surface area (Å²) in [4.78, 5) is 48.3. The van der Waals surface area contributed by atoms with Gasteiger partial charge in [-0.05, 0) is 52.5 Å². The second-order valence-corrected chi connectivity index (χ2v) is 11.0. The van der Waals surface area contributed by atoms with Crippen molar-refractivity contribution in [3.63, 3.8) is 0 Å². The lowest BCUT2D eigenvalue weighted by atomic mass is 10.0. The molecule has 0 unspecified atom stereocenters. The maximum absolute atomic E-state index is 13.5. The lowest BCUT2D eigenvalue weighted by Crippen LogP contribution is -2.59. The van der Waals surface area contributed by atoms with Gasteiger partial charge in [-0.1, -0.05) is 24.3 Å². The highest BCUT2D eigenvalue weighted by Gasteiger charge is 2.52. The van der Waals surface area contributed by atoms with Gasteiger partial charge >= 0.3 is 6.09 Å². The van der Waals surface area contributed by atoms with Crippen molar-refractivity contribution in [1.29, 1.82) is 5.26 Å². The summed E-state index contributed by atoms with van der Waals surface area (Å²) in [6.07, 6.45) is 1.30. The number of carbonyl (C=O) groups is 3. The Morgan fingerprint density at radius 1 is 1.30 bits per heavy atom. The van der Waals surface area contributed by atoms with E-state index >= 15 is 0 Å². The molecule has 3 aliphatic rings. The minimum absolute atomic E-state index is 0.00227. The van der Waals surface area contributed by atoms with E-state index in [0.29, 0.717) is 31.6 Å². The highest BCUT2D eigenvalue weighted by Crippen LogP contribution is 2.38. The summed E-state index contributed by atoms with van der Waals surface area (Å²) in [6.45, 7) is 15.6. The third-order valence-electron chi connectivity index (χ3n) is 7.33. The average Bonchev–Trinajstić information content (AvgIpc) is 3.56. The molecule has 37 heavy (non-hydrogen) atoms. The Hall–Kier alpha value is -3.63. The van der Waals surface area contributed by atoms with Crippen molar-refractivity contribution in [1.82, 2.24) is 20.0 Å². The van der Waals surface area contributed by atoms with Crippen molar-refractivity contribution in [2.75, 3.05) is 19.6 Å². The van der Waals surface area contributed by atoms with E-state index in [9.17, 15) is 19.6 Å². The van der Waals surface area contributed by atoms with Crippen molar-refractivity contribution in [2.45, 2.75) is 82.8 Å². The summed E-state index contributed by atoms with van der Waals surface area (Å²) in [5.41, 5.74) is 0.796. The molecule has 0 spiro atoms. The van der Waals surface area contributed by atoms with Gasteiger partial charge in [0, 0.05) is 25.7 Å². The molecular formula is C27H34N6O4. The average molecular weight is 507 g/mol. The van der Waals surface area contributed by atoms with Gasteiger partial charge < -0.3 is 19.9 Å². The Kier molecular flexibility index (Phi) is 7.42. The molecule has 1 N–H and O–H groups in total. The SMILES string of the molecule is [C-]#[N+]c1ccc([C@@H](C)N2C(=O)[C@@H]3C[C@H]2CN3C[C@H](NC(=O)OC(C)(C)C)C(=O)N2CCC[C@H]2C#N)cc1. The van der Waals surface area contributed by atoms with E-state index in [2.05, 4.69) is 16.2 Å². The second-order valence-electron chi connectivity index (χ2n) is 11.0. The smallest absolute Gasteiger partial charge is 0.408 e. The number of hydrogen-bond acceptors (Lipinski definition) is 6. The first-order chi connectivity index (χ1) is 17.5. The standard InChI is InChI=1S/C27H34N6O4/c1-17(18-8-10-19(29-5)11-9-18)33-21-13-23(25(33)35)31(15-21)16-22(30-26(36)37-27(2,3)4)24(34)32-12-6-7-20(32)14-28/h8-11,17,20-23H,6-7,12-13,15-16H2,1-4H3,(H,30,36)/t17-,20+,21+,22+,23+/m1/s1. The van der Waals surface area contributed by atoms with E-state index < -0.39 is 23.8 Å². The molecule has 0 aromatic heterocycles. The first kappa shape index (κ1) is 26.4. The Morgan fingerprint density at radius 3 is 2.59 bits per heavy atom. The van der Waals surface area contributed by atoms with Crippen LogP contribution in [-0.2, 0) is 14.3 Å². The maximum atomic E-state index is 13.5. The largest absolute Gasteiger partial charge is 0.444 e. The first-order valence-electron chi connectivity index (χ1n) is 12.8. The fraction of sp³-hybridized carbons (Fsp3) is 0.593. The Morgan fingerprint density at radius 2 is 2.00 bits per heavy atom. The molecule has 3 amide bonds. The summed E-state index contributed by atoms with van der Waals surface area (Å²) in [6, 6.07) is 7.50. The minimum Gasteiger partial charge on any atom is -0.444 e. The lowest BCUT2D eigenvalue weighted by Gasteiger charge is -2.39. The number of nitriles is 1. The zero-order valence-electron chi connectivity index (χ0n) is 21.8. The van der Waals surface area contributed by atoms with Crippen LogP contribution in [0.15, 0.2) is 24.3 Å². The molecule has 10 heteroatoms. The maximum Gasteiger partial charge on any atom is 0.408 e. The van der Waals surface area contributed by atoms with E-state index in [1.165, 1.54) is 4.90 Å². The predicted octanol–water partition coefficient (Wildman–Crippen LogP) is 2.99. The van der Waals surface area contributed by atoms with Crippen LogP contribution in [0.2, 0.25) is 0 Å². The van der Waals surface area contributed by atoms with Gasteiger partial charge in [0.15, 0.2) is 5.69 Å². The van der Waals surface area contributed by atoms with Crippen LogP contribution < -0.4 is 5.32 Å². The van der Waals surface area contributed by atoms with Gasteiger partial charge in [-0.15, -0.1) is 0 Å². The van der Waals surface area contributed by atoms with Crippen LogP contribution in [0.4, 0.5) is 10.5 Å². The van der Waals surface area contributed by atoms with Crippen molar-refractivity contribution in [2.24, 2.45) is 0 Å². The van der Waals surface area contributed by atoms with Crippen LogP contribution in [0.5, 0.6) is 0 Å². The number of piperazine rings is 1. The molecule has 10 nitrogen and oxygen atoms in total. The van der Waals surface area contributed by atoms with Crippen LogP contribution >= 0.6 is 0 Å². The number of amides is 3. The van der Waals surface area contributed by atoms with E-state index in [4.69, 9.17) is 11.3 Å². The molecule has 3 fully saturated rings.